The summed E-state index contributed by atoms with van der Waals surface area (Å²) >= 11 is 3.39. The second-order valence-corrected chi connectivity index (χ2v) is 12.9. The highest BCUT2D eigenvalue weighted by molar-refractivity contribution is 9.10. The van der Waals surface area contributed by atoms with E-state index in [0.29, 0.717) is 12.2 Å². The van der Waals surface area contributed by atoms with Crippen molar-refractivity contribution in [3.63, 3.8) is 0 Å². The first-order chi connectivity index (χ1) is 18.4. The van der Waals surface area contributed by atoms with Crippen LogP contribution in [0, 0.1) is 19.8 Å². The Kier molecular flexibility index (Phi) is 10.3. The average Bonchev–Trinajstić information content (AvgIpc) is 2.90. The predicted molar refractivity (Wildman–Crippen MR) is 159 cm³/mol. The van der Waals surface area contributed by atoms with Gasteiger partial charge in [0, 0.05) is 17.6 Å². The fourth-order valence-electron chi connectivity index (χ4n) is 3.90. The summed E-state index contributed by atoms with van der Waals surface area (Å²) in [6.45, 7) is 9.67. The van der Waals surface area contributed by atoms with Crippen LogP contribution in [0.3, 0.4) is 0 Å². The van der Waals surface area contributed by atoms with E-state index in [0.717, 1.165) is 25.5 Å². The Morgan fingerprint density at radius 1 is 0.846 bits per heavy atom. The number of hydrogen-bond acceptors (Lipinski definition) is 4. The fraction of sp³-hybridized carbons (Fsp3) is 0.333. The van der Waals surface area contributed by atoms with Crippen molar-refractivity contribution in [3.8, 4) is 0 Å². The van der Waals surface area contributed by atoms with E-state index in [2.05, 4.69) is 21.2 Å². The maximum Gasteiger partial charge on any atom is 0.264 e. The third-order valence-electron chi connectivity index (χ3n) is 6.33. The van der Waals surface area contributed by atoms with Crippen molar-refractivity contribution >= 4 is 43.5 Å². The molecule has 0 radical (unpaired) electrons. The summed E-state index contributed by atoms with van der Waals surface area (Å²) < 4.78 is 29.5. The van der Waals surface area contributed by atoms with Gasteiger partial charge in [-0.1, -0.05) is 77.3 Å². The molecule has 2 amide bonds. The van der Waals surface area contributed by atoms with Crippen molar-refractivity contribution in [2.45, 2.75) is 52.1 Å². The lowest BCUT2D eigenvalue weighted by Gasteiger charge is -2.32. The molecule has 0 aliphatic rings. The van der Waals surface area contributed by atoms with Crippen LogP contribution in [-0.4, -0.2) is 44.3 Å². The Morgan fingerprint density at radius 3 is 1.92 bits per heavy atom. The molecule has 0 saturated heterocycles. The summed E-state index contributed by atoms with van der Waals surface area (Å²) in [5.41, 5.74) is 3.18. The van der Waals surface area contributed by atoms with Crippen LogP contribution < -0.4 is 9.62 Å². The Balaban J connectivity index is 2.00. The molecule has 0 aromatic heterocycles. The molecule has 0 heterocycles. The highest BCUT2D eigenvalue weighted by Gasteiger charge is 2.32. The lowest BCUT2D eigenvalue weighted by molar-refractivity contribution is -0.139. The first kappa shape index (κ1) is 30.4. The Morgan fingerprint density at radius 2 is 1.38 bits per heavy atom. The first-order valence-electron chi connectivity index (χ1n) is 12.9. The van der Waals surface area contributed by atoms with Crippen LogP contribution in [0.15, 0.2) is 82.2 Å². The Bertz CT molecular complexity index is 1370. The molecule has 3 rings (SSSR count). The van der Waals surface area contributed by atoms with E-state index in [1.54, 1.807) is 43.3 Å². The van der Waals surface area contributed by atoms with Crippen molar-refractivity contribution in [3.05, 3.63) is 94.0 Å². The van der Waals surface area contributed by atoms with Gasteiger partial charge in [0.15, 0.2) is 0 Å². The highest BCUT2D eigenvalue weighted by Crippen LogP contribution is 2.26. The van der Waals surface area contributed by atoms with Gasteiger partial charge in [-0.15, -0.1) is 0 Å². The SMILES string of the molecule is Cc1ccc(CN(C(=O)CN(c2ccc(Br)cc2)S(=O)(=O)c2ccc(C)cc2)[C@H](C)C(=O)NCC(C)C)cc1. The van der Waals surface area contributed by atoms with Crippen LogP contribution in [0.5, 0.6) is 0 Å². The molecule has 3 aromatic rings. The largest absolute Gasteiger partial charge is 0.354 e. The molecule has 0 bridgehead atoms. The van der Waals surface area contributed by atoms with E-state index in [-0.39, 0.29) is 23.3 Å². The van der Waals surface area contributed by atoms with Crippen LogP contribution in [-0.2, 0) is 26.2 Å². The molecule has 208 valence electrons. The molecule has 9 heteroatoms. The molecule has 39 heavy (non-hydrogen) atoms. The number of sulfonamides is 1. The van der Waals surface area contributed by atoms with E-state index in [9.17, 15) is 18.0 Å². The summed E-state index contributed by atoms with van der Waals surface area (Å²) in [6.07, 6.45) is 0. The predicted octanol–water partition coefficient (Wildman–Crippen LogP) is 5.45. The zero-order valence-electron chi connectivity index (χ0n) is 23.0. The van der Waals surface area contributed by atoms with Gasteiger partial charge >= 0.3 is 0 Å². The lowest BCUT2D eigenvalue weighted by atomic mass is 10.1. The van der Waals surface area contributed by atoms with Gasteiger partial charge in [0.25, 0.3) is 10.0 Å². The maximum atomic E-state index is 13.9. The lowest BCUT2D eigenvalue weighted by Crippen LogP contribution is -2.51. The number of aryl methyl sites for hydroxylation is 2. The third kappa shape index (κ3) is 8.16. The van der Waals surface area contributed by atoms with Gasteiger partial charge in [0.2, 0.25) is 11.8 Å². The van der Waals surface area contributed by atoms with Gasteiger partial charge in [-0.2, -0.15) is 0 Å². The summed E-state index contributed by atoms with van der Waals surface area (Å²) in [5, 5.41) is 2.89. The Labute approximate surface area is 240 Å². The molecular weight excluding hydrogens is 578 g/mol. The van der Waals surface area contributed by atoms with E-state index in [4.69, 9.17) is 0 Å². The van der Waals surface area contributed by atoms with Gasteiger partial charge in [0.05, 0.1) is 10.6 Å². The molecular formula is C30H36BrN3O4S. The van der Waals surface area contributed by atoms with Gasteiger partial charge in [-0.05, 0) is 68.7 Å². The van der Waals surface area contributed by atoms with Crippen LogP contribution in [0.1, 0.15) is 37.5 Å². The first-order valence-corrected chi connectivity index (χ1v) is 15.1. The summed E-state index contributed by atoms with van der Waals surface area (Å²) in [4.78, 5) is 28.5. The number of halogens is 1. The van der Waals surface area contributed by atoms with Gasteiger partial charge in [0.1, 0.15) is 12.6 Å². The van der Waals surface area contributed by atoms with Gasteiger partial charge in [-0.3, -0.25) is 13.9 Å². The summed E-state index contributed by atoms with van der Waals surface area (Å²) in [5.74, 6) is -0.530. The molecule has 1 atom stereocenters. The zero-order chi connectivity index (χ0) is 28.7. The molecule has 1 N–H and O–H groups in total. The summed E-state index contributed by atoms with van der Waals surface area (Å²) in [7, 11) is -4.09. The van der Waals surface area contributed by atoms with E-state index in [1.807, 2.05) is 52.0 Å². The molecule has 0 spiro atoms. The second-order valence-electron chi connectivity index (χ2n) is 10.1. The standard InChI is InChI=1S/C30H36BrN3O4S/c1-21(2)18-32-30(36)24(5)33(19-25-10-6-22(3)7-11-25)29(35)20-34(27-14-12-26(31)13-15-27)39(37,38)28-16-8-23(4)9-17-28/h6-17,21,24H,18-20H2,1-5H3,(H,32,36)/t24-/m1/s1. The zero-order valence-corrected chi connectivity index (χ0v) is 25.4. The topological polar surface area (TPSA) is 86.8 Å². The van der Waals surface area contributed by atoms with Crippen LogP contribution in [0.25, 0.3) is 0 Å². The van der Waals surface area contributed by atoms with Crippen molar-refractivity contribution in [1.29, 1.82) is 0 Å². The molecule has 0 saturated carbocycles. The maximum absolute atomic E-state index is 13.9. The van der Waals surface area contributed by atoms with Crippen molar-refractivity contribution in [2.24, 2.45) is 5.92 Å². The number of benzene rings is 3. The normalized spacial score (nSPS) is 12.2. The number of carbonyl (C=O) groups excluding carboxylic acids is 2. The van der Waals surface area contributed by atoms with Crippen molar-refractivity contribution in [1.82, 2.24) is 10.2 Å². The number of nitrogens with one attached hydrogen (secondary N) is 1. The number of hydrogen-bond donors (Lipinski definition) is 1. The quantitative estimate of drug-likeness (QED) is 0.311. The monoisotopic (exact) mass is 613 g/mol. The van der Waals surface area contributed by atoms with Crippen LogP contribution in [0.2, 0.25) is 0 Å². The molecule has 0 unspecified atom stereocenters. The van der Waals surface area contributed by atoms with Crippen molar-refractivity contribution in [2.75, 3.05) is 17.4 Å². The number of anilines is 1. The smallest absolute Gasteiger partial charge is 0.264 e. The Hall–Kier alpha value is -3.17. The molecule has 0 fully saturated rings. The third-order valence-corrected chi connectivity index (χ3v) is 8.64. The van der Waals surface area contributed by atoms with Crippen LogP contribution >= 0.6 is 15.9 Å². The number of amides is 2. The highest BCUT2D eigenvalue weighted by atomic mass is 79.9. The van der Waals surface area contributed by atoms with Gasteiger partial charge in [-0.25, -0.2) is 8.42 Å². The minimum atomic E-state index is -4.09. The minimum Gasteiger partial charge on any atom is -0.354 e. The second kappa shape index (κ2) is 13.3. The van der Waals surface area contributed by atoms with E-state index < -0.39 is 28.5 Å². The van der Waals surface area contributed by atoms with E-state index in [1.165, 1.54) is 17.0 Å². The molecule has 3 aromatic carbocycles. The number of carbonyl (C=O) groups is 2. The summed E-state index contributed by atoms with van der Waals surface area (Å²) in [6, 6.07) is 20.1. The van der Waals surface area contributed by atoms with Crippen molar-refractivity contribution < 1.29 is 18.0 Å². The molecule has 7 nitrogen and oxygen atoms in total. The van der Waals surface area contributed by atoms with Gasteiger partial charge < -0.3 is 10.2 Å². The average molecular weight is 615 g/mol. The number of rotatable bonds is 11. The van der Waals surface area contributed by atoms with E-state index >= 15 is 0 Å². The number of nitrogens with zero attached hydrogens (tertiary/aromatic N) is 2. The molecule has 0 aliphatic carbocycles. The van der Waals surface area contributed by atoms with Crippen LogP contribution in [0.4, 0.5) is 5.69 Å². The molecule has 0 aliphatic heterocycles. The minimum absolute atomic E-state index is 0.0802. The fourth-order valence-corrected chi connectivity index (χ4v) is 5.58.